The molecule has 1 atom stereocenters. The van der Waals surface area contributed by atoms with E-state index in [0.717, 1.165) is 17.9 Å². The highest BCUT2D eigenvalue weighted by Crippen LogP contribution is 2.21. The molecule has 0 fully saturated rings. The average molecular weight is 142 g/mol. The van der Waals surface area contributed by atoms with Crippen LogP contribution in [0.3, 0.4) is 0 Å². The van der Waals surface area contributed by atoms with Crippen molar-refractivity contribution >= 4 is 23.7 Å². The SMILES string of the molecule is CCC1N=C(C=N)CS1. The van der Waals surface area contributed by atoms with E-state index in [9.17, 15) is 0 Å². The van der Waals surface area contributed by atoms with Crippen LogP contribution < -0.4 is 0 Å². The molecule has 1 heterocycles. The molecule has 3 heteroatoms. The summed E-state index contributed by atoms with van der Waals surface area (Å²) in [5.74, 6) is 0.933. The lowest BCUT2D eigenvalue weighted by atomic mass is 10.4. The highest BCUT2D eigenvalue weighted by molar-refractivity contribution is 8.01. The highest BCUT2D eigenvalue weighted by Gasteiger charge is 2.13. The van der Waals surface area contributed by atoms with Gasteiger partial charge in [0.1, 0.15) is 0 Å². The molecule has 1 aliphatic heterocycles. The molecule has 1 unspecified atom stereocenters. The zero-order chi connectivity index (χ0) is 6.69. The van der Waals surface area contributed by atoms with Gasteiger partial charge in [-0.05, 0) is 6.42 Å². The molecular formula is C6H10N2S. The molecule has 1 aliphatic rings. The molecule has 0 aromatic carbocycles. The minimum absolute atomic E-state index is 0.432. The van der Waals surface area contributed by atoms with Gasteiger partial charge in [-0.25, -0.2) is 0 Å². The van der Waals surface area contributed by atoms with Crippen molar-refractivity contribution in [2.45, 2.75) is 18.7 Å². The Hall–Kier alpha value is -0.310. The Balaban J connectivity index is 2.49. The van der Waals surface area contributed by atoms with Crippen molar-refractivity contribution in [3.63, 3.8) is 0 Å². The fourth-order valence-corrected chi connectivity index (χ4v) is 1.70. The van der Waals surface area contributed by atoms with Crippen LogP contribution in [0.15, 0.2) is 4.99 Å². The lowest BCUT2D eigenvalue weighted by Crippen LogP contribution is -1.95. The summed E-state index contributed by atoms with van der Waals surface area (Å²) in [6, 6.07) is 0. The lowest BCUT2D eigenvalue weighted by molar-refractivity contribution is 0.882. The molecule has 0 aromatic heterocycles. The van der Waals surface area contributed by atoms with Crippen LogP contribution in [0, 0.1) is 5.41 Å². The Kier molecular flexibility index (Phi) is 2.28. The van der Waals surface area contributed by atoms with Gasteiger partial charge in [-0.1, -0.05) is 6.92 Å². The van der Waals surface area contributed by atoms with E-state index < -0.39 is 0 Å². The van der Waals surface area contributed by atoms with Crippen LogP contribution in [0.25, 0.3) is 0 Å². The summed E-state index contributed by atoms with van der Waals surface area (Å²) in [5.41, 5.74) is 0.937. The predicted octanol–water partition coefficient (Wildman–Crippen LogP) is 1.56. The molecule has 0 spiro atoms. The van der Waals surface area contributed by atoms with Gasteiger partial charge >= 0.3 is 0 Å². The number of nitrogens with zero attached hydrogens (tertiary/aromatic N) is 1. The zero-order valence-electron chi connectivity index (χ0n) is 5.42. The summed E-state index contributed by atoms with van der Waals surface area (Å²) in [6.07, 6.45) is 2.44. The number of hydrogen-bond donors (Lipinski definition) is 1. The van der Waals surface area contributed by atoms with E-state index in [4.69, 9.17) is 5.41 Å². The monoisotopic (exact) mass is 142 g/mol. The quantitative estimate of drug-likeness (QED) is 0.583. The number of aliphatic imine (C=N–C) groups is 1. The van der Waals surface area contributed by atoms with Gasteiger partial charge in [-0.3, -0.25) is 4.99 Å². The largest absolute Gasteiger partial charge is 0.307 e. The van der Waals surface area contributed by atoms with Gasteiger partial charge in [-0.2, -0.15) is 0 Å². The molecule has 1 rings (SSSR count). The maximum atomic E-state index is 6.90. The van der Waals surface area contributed by atoms with Gasteiger partial charge in [0.2, 0.25) is 0 Å². The number of thioether (sulfide) groups is 1. The first-order valence-corrected chi connectivity index (χ1v) is 4.10. The fourth-order valence-electron chi connectivity index (χ4n) is 0.729. The van der Waals surface area contributed by atoms with Gasteiger partial charge < -0.3 is 5.41 Å². The zero-order valence-corrected chi connectivity index (χ0v) is 6.24. The molecule has 0 saturated heterocycles. The van der Waals surface area contributed by atoms with Crippen LogP contribution in [-0.4, -0.2) is 23.1 Å². The summed E-state index contributed by atoms with van der Waals surface area (Å²) in [4.78, 5) is 4.26. The minimum atomic E-state index is 0.432. The number of rotatable bonds is 2. The molecule has 0 radical (unpaired) electrons. The molecule has 0 amide bonds. The minimum Gasteiger partial charge on any atom is -0.307 e. The van der Waals surface area contributed by atoms with E-state index in [1.807, 2.05) is 11.8 Å². The smallest absolute Gasteiger partial charge is 0.0956 e. The van der Waals surface area contributed by atoms with Crippen LogP contribution in [0.4, 0.5) is 0 Å². The molecule has 0 aliphatic carbocycles. The first-order valence-electron chi connectivity index (χ1n) is 3.05. The van der Waals surface area contributed by atoms with Crippen molar-refractivity contribution in [1.29, 1.82) is 5.41 Å². The summed E-state index contributed by atoms with van der Waals surface area (Å²) >= 11 is 1.82. The Bertz CT molecular complexity index is 142. The molecule has 9 heavy (non-hydrogen) atoms. The van der Waals surface area contributed by atoms with Gasteiger partial charge in [0.15, 0.2) is 0 Å². The molecule has 0 bridgehead atoms. The van der Waals surface area contributed by atoms with Gasteiger partial charge in [0.25, 0.3) is 0 Å². The summed E-state index contributed by atoms with van der Waals surface area (Å²) in [5, 5.41) is 7.33. The van der Waals surface area contributed by atoms with Crippen LogP contribution in [0.2, 0.25) is 0 Å². The molecule has 50 valence electrons. The maximum absolute atomic E-state index is 6.90. The van der Waals surface area contributed by atoms with Crippen molar-refractivity contribution < 1.29 is 0 Å². The third-order valence-electron chi connectivity index (χ3n) is 1.25. The van der Waals surface area contributed by atoms with E-state index >= 15 is 0 Å². The molecule has 0 aromatic rings. The van der Waals surface area contributed by atoms with Crippen molar-refractivity contribution in [2.24, 2.45) is 4.99 Å². The second kappa shape index (κ2) is 3.01. The Morgan fingerprint density at radius 3 is 3.11 bits per heavy atom. The van der Waals surface area contributed by atoms with Crippen molar-refractivity contribution in [3.8, 4) is 0 Å². The molecule has 1 N–H and O–H groups in total. The molecule has 0 saturated carbocycles. The van der Waals surface area contributed by atoms with Crippen LogP contribution in [-0.2, 0) is 0 Å². The van der Waals surface area contributed by atoms with E-state index in [1.165, 1.54) is 6.21 Å². The Morgan fingerprint density at radius 2 is 2.78 bits per heavy atom. The number of nitrogens with one attached hydrogen (secondary N) is 1. The standard InChI is InChI=1S/C6H10N2S/c1-2-6-8-5(3-7)4-9-6/h3,6-7H,2,4H2,1H3. The Labute approximate surface area is 59.3 Å². The summed E-state index contributed by atoms with van der Waals surface area (Å²) in [7, 11) is 0. The first-order chi connectivity index (χ1) is 4.36. The van der Waals surface area contributed by atoms with E-state index in [2.05, 4.69) is 11.9 Å². The second-order valence-corrected chi connectivity index (χ2v) is 3.10. The fraction of sp³-hybridized carbons (Fsp3) is 0.667. The summed E-state index contributed by atoms with van der Waals surface area (Å²) < 4.78 is 0. The van der Waals surface area contributed by atoms with Crippen molar-refractivity contribution in [2.75, 3.05) is 5.75 Å². The van der Waals surface area contributed by atoms with Crippen molar-refractivity contribution in [1.82, 2.24) is 0 Å². The lowest BCUT2D eigenvalue weighted by Gasteiger charge is -1.96. The van der Waals surface area contributed by atoms with Gasteiger partial charge in [0.05, 0.1) is 11.1 Å². The highest BCUT2D eigenvalue weighted by atomic mass is 32.2. The predicted molar refractivity (Wildman–Crippen MR) is 42.8 cm³/mol. The van der Waals surface area contributed by atoms with Crippen LogP contribution in [0.5, 0.6) is 0 Å². The van der Waals surface area contributed by atoms with Crippen LogP contribution in [0.1, 0.15) is 13.3 Å². The molecule has 2 nitrogen and oxygen atoms in total. The first kappa shape index (κ1) is 6.81. The third kappa shape index (κ3) is 1.55. The van der Waals surface area contributed by atoms with Crippen LogP contribution >= 0.6 is 11.8 Å². The van der Waals surface area contributed by atoms with E-state index in [0.29, 0.717) is 5.37 Å². The summed E-state index contributed by atoms with van der Waals surface area (Å²) in [6.45, 7) is 2.12. The van der Waals surface area contributed by atoms with Gasteiger partial charge in [-0.15, -0.1) is 11.8 Å². The maximum Gasteiger partial charge on any atom is 0.0956 e. The third-order valence-corrected chi connectivity index (χ3v) is 2.54. The van der Waals surface area contributed by atoms with Gasteiger partial charge in [0, 0.05) is 12.0 Å². The van der Waals surface area contributed by atoms with E-state index in [-0.39, 0.29) is 0 Å². The Morgan fingerprint density at radius 1 is 2.00 bits per heavy atom. The average Bonchev–Trinajstić information content (AvgIpc) is 2.34. The normalized spacial score (nSPS) is 25.9. The second-order valence-electron chi connectivity index (χ2n) is 1.94. The topological polar surface area (TPSA) is 36.2 Å². The van der Waals surface area contributed by atoms with E-state index in [1.54, 1.807) is 0 Å². The number of hydrogen-bond acceptors (Lipinski definition) is 3. The molecular weight excluding hydrogens is 132 g/mol. The van der Waals surface area contributed by atoms with Crippen molar-refractivity contribution in [3.05, 3.63) is 0 Å².